The van der Waals surface area contributed by atoms with E-state index in [-0.39, 0.29) is 0 Å². The second-order valence-electron chi connectivity index (χ2n) is 5.57. The highest BCUT2D eigenvalue weighted by Gasteiger charge is 2.24. The molecule has 2 rings (SSSR count). The lowest BCUT2D eigenvalue weighted by molar-refractivity contribution is 0.135. The molecule has 1 aliphatic rings. The van der Waals surface area contributed by atoms with E-state index in [2.05, 4.69) is 34.0 Å². The average Bonchev–Trinajstić information content (AvgIpc) is 2.45. The molecule has 0 aromatic carbocycles. The Morgan fingerprint density at radius 3 is 2.63 bits per heavy atom. The summed E-state index contributed by atoms with van der Waals surface area (Å²) >= 11 is 0. The van der Waals surface area contributed by atoms with Gasteiger partial charge in [0.1, 0.15) is 0 Å². The van der Waals surface area contributed by atoms with Crippen molar-refractivity contribution in [1.82, 2.24) is 20.2 Å². The average molecular weight is 262 g/mol. The number of aromatic nitrogens is 2. The van der Waals surface area contributed by atoms with Crippen LogP contribution < -0.4 is 5.32 Å². The van der Waals surface area contributed by atoms with Gasteiger partial charge in [0.2, 0.25) is 0 Å². The zero-order valence-electron chi connectivity index (χ0n) is 12.4. The predicted molar refractivity (Wildman–Crippen MR) is 78.0 cm³/mol. The van der Waals surface area contributed by atoms with Crippen molar-refractivity contribution in [1.29, 1.82) is 0 Å². The minimum absolute atomic E-state index is 0.388. The molecule has 1 saturated heterocycles. The molecule has 0 aliphatic carbocycles. The van der Waals surface area contributed by atoms with Crippen LogP contribution in [0.15, 0.2) is 12.4 Å². The highest BCUT2D eigenvalue weighted by Crippen LogP contribution is 2.27. The van der Waals surface area contributed by atoms with Gasteiger partial charge in [0.05, 0.1) is 17.4 Å². The molecule has 1 atom stereocenters. The maximum Gasteiger partial charge on any atom is 0.0784 e. The van der Waals surface area contributed by atoms with E-state index in [1.165, 1.54) is 32.4 Å². The molecule has 19 heavy (non-hydrogen) atoms. The lowest BCUT2D eigenvalue weighted by Crippen LogP contribution is -2.37. The van der Waals surface area contributed by atoms with Gasteiger partial charge in [0, 0.05) is 12.4 Å². The monoisotopic (exact) mass is 262 g/mol. The SMILES string of the molecule is CNCCC1CCN(C(C)c2nccnc2C)CC1. The summed E-state index contributed by atoms with van der Waals surface area (Å²) < 4.78 is 0. The van der Waals surface area contributed by atoms with Crippen molar-refractivity contribution in [2.45, 2.75) is 39.2 Å². The molecule has 0 amide bonds. The summed E-state index contributed by atoms with van der Waals surface area (Å²) in [6, 6.07) is 0.388. The molecule has 1 fully saturated rings. The molecule has 1 N–H and O–H groups in total. The maximum atomic E-state index is 4.51. The molecule has 2 heterocycles. The largest absolute Gasteiger partial charge is 0.320 e. The summed E-state index contributed by atoms with van der Waals surface area (Å²) in [5.74, 6) is 0.888. The van der Waals surface area contributed by atoms with Gasteiger partial charge in [-0.15, -0.1) is 0 Å². The van der Waals surface area contributed by atoms with Gasteiger partial charge in [-0.2, -0.15) is 0 Å². The Hall–Kier alpha value is -1.00. The summed E-state index contributed by atoms with van der Waals surface area (Å²) in [6.07, 6.45) is 7.51. The Labute approximate surface area is 116 Å². The lowest BCUT2D eigenvalue weighted by Gasteiger charge is -2.36. The van der Waals surface area contributed by atoms with E-state index in [9.17, 15) is 0 Å². The topological polar surface area (TPSA) is 41.0 Å². The van der Waals surface area contributed by atoms with Gasteiger partial charge in [-0.3, -0.25) is 14.9 Å². The zero-order valence-corrected chi connectivity index (χ0v) is 12.4. The summed E-state index contributed by atoms with van der Waals surface area (Å²) in [7, 11) is 2.04. The number of rotatable bonds is 5. The van der Waals surface area contributed by atoms with Gasteiger partial charge >= 0.3 is 0 Å². The molecule has 0 radical (unpaired) electrons. The van der Waals surface area contributed by atoms with Gasteiger partial charge in [0.15, 0.2) is 0 Å². The minimum Gasteiger partial charge on any atom is -0.320 e. The second kappa shape index (κ2) is 6.96. The smallest absolute Gasteiger partial charge is 0.0784 e. The van der Waals surface area contributed by atoms with Gasteiger partial charge in [0.25, 0.3) is 0 Å². The number of aryl methyl sites for hydroxylation is 1. The third kappa shape index (κ3) is 3.74. The molecule has 1 aromatic heterocycles. The zero-order chi connectivity index (χ0) is 13.7. The Morgan fingerprint density at radius 1 is 1.32 bits per heavy atom. The highest BCUT2D eigenvalue weighted by atomic mass is 15.2. The van der Waals surface area contributed by atoms with Crippen molar-refractivity contribution >= 4 is 0 Å². The Balaban J connectivity index is 1.89. The van der Waals surface area contributed by atoms with Crippen LogP contribution in [0.1, 0.15) is 43.6 Å². The fourth-order valence-electron chi connectivity index (χ4n) is 2.98. The van der Waals surface area contributed by atoms with E-state index in [0.29, 0.717) is 6.04 Å². The van der Waals surface area contributed by atoms with Crippen LogP contribution in [0.5, 0.6) is 0 Å². The van der Waals surface area contributed by atoms with E-state index in [1.807, 2.05) is 7.05 Å². The van der Waals surface area contributed by atoms with Crippen LogP contribution in [-0.4, -0.2) is 41.5 Å². The number of nitrogens with zero attached hydrogens (tertiary/aromatic N) is 3. The van der Waals surface area contributed by atoms with E-state index in [4.69, 9.17) is 0 Å². The quantitative estimate of drug-likeness (QED) is 0.883. The predicted octanol–water partition coefficient (Wildman–Crippen LogP) is 2.17. The van der Waals surface area contributed by atoms with Crippen LogP contribution in [0.25, 0.3) is 0 Å². The van der Waals surface area contributed by atoms with Gasteiger partial charge < -0.3 is 5.32 Å². The lowest BCUT2D eigenvalue weighted by atomic mass is 9.92. The molecule has 106 valence electrons. The van der Waals surface area contributed by atoms with Crippen LogP contribution in [0.4, 0.5) is 0 Å². The molecule has 0 spiro atoms. The summed E-state index contributed by atoms with van der Waals surface area (Å²) in [6.45, 7) is 7.82. The third-order valence-electron chi connectivity index (χ3n) is 4.31. The molecular weight excluding hydrogens is 236 g/mol. The van der Waals surface area contributed by atoms with Gasteiger partial charge in [-0.05, 0) is 65.7 Å². The van der Waals surface area contributed by atoms with Gasteiger partial charge in [-0.1, -0.05) is 0 Å². The second-order valence-corrected chi connectivity index (χ2v) is 5.57. The van der Waals surface area contributed by atoms with Crippen molar-refractivity contribution in [3.8, 4) is 0 Å². The van der Waals surface area contributed by atoms with Crippen LogP contribution in [0, 0.1) is 12.8 Å². The molecule has 1 aliphatic heterocycles. The first kappa shape index (κ1) is 14.4. The van der Waals surface area contributed by atoms with Crippen molar-refractivity contribution in [2.75, 3.05) is 26.7 Å². The molecule has 4 heteroatoms. The summed E-state index contributed by atoms with van der Waals surface area (Å²) in [5.41, 5.74) is 2.20. The van der Waals surface area contributed by atoms with E-state index in [0.717, 1.165) is 23.9 Å². The van der Waals surface area contributed by atoms with Gasteiger partial charge in [-0.25, -0.2) is 0 Å². The van der Waals surface area contributed by atoms with Crippen LogP contribution in [-0.2, 0) is 0 Å². The standard InChI is InChI=1S/C15H26N4/c1-12-15(18-9-8-17-12)13(2)19-10-5-14(6-11-19)4-7-16-3/h8-9,13-14,16H,4-7,10-11H2,1-3H3. The molecule has 0 saturated carbocycles. The van der Waals surface area contributed by atoms with Crippen LogP contribution in [0.3, 0.4) is 0 Å². The van der Waals surface area contributed by atoms with E-state index >= 15 is 0 Å². The Morgan fingerprint density at radius 2 is 2.00 bits per heavy atom. The molecule has 4 nitrogen and oxygen atoms in total. The molecular formula is C15H26N4. The molecule has 0 bridgehead atoms. The van der Waals surface area contributed by atoms with E-state index in [1.54, 1.807) is 12.4 Å². The fourth-order valence-corrected chi connectivity index (χ4v) is 2.98. The van der Waals surface area contributed by atoms with Crippen LogP contribution in [0.2, 0.25) is 0 Å². The summed E-state index contributed by atoms with van der Waals surface area (Å²) in [4.78, 5) is 11.4. The summed E-state index contributed by atoms with van der Waals surface area (Å²) in [5, 5.41) is 3.25. The highest BCUT2D eigenvalue weighted by molar-refractivity contribution is 5.12. The van der Waals surface area contributed by atoms with Crippen molar-refractivity contribution in [3.05, 3.63) is 23.8 Å². The van der Waals surface area contributed by atoms with E-state index < -0.39 is 0 Å². The first-order valence-corrected chi connectivity index (χ1v) is 7.38. The Kier molecular flexibility index (Phi) is 5.28. The third-order valence-corrected chi connectivity index (χ3v) is 4.31. The Bertz CT molecular complexity index is 385. The maximum absolute atomic E-state index is 4.51. The first-order valence-electron chi connectivity index (χ1n) is 7.38. The van der Waals surface area contributed by atoms with Crippen LogP contribution >= 0.6 is 0 Å². The fraction of sp³-hybridized carbons (Fsp3) is 0.733. The molecule has 1 unspecified atom stereocenters. The van der Waals surface area contributed by atoms with Crippen molar-refractivity contribution in [3.63, 3.8) is 0 Å². The number of nitrogens with one attached hydrogen (secondary N) is 1. The number of likely N-dealkylation sites (tertiary alicyclic amines) is 1. The van der Waals surface area contributed by atoms with Crippen molar-refractivity contribution in [2.24, 2.45) is 5.92 Å². The number of hydrogen-bond donors (Lipinski definition) is 1. The number of piperidine rings is 1. The normalized spacial score (nSPS) is 19.5. The molecule has 1 aromatic rings. The first-order chi connectivity index (χ1) is 9.22. The minimum atomic E-state index is 0.388. The van der Waals surface area contributed by atoms with Crippen molar-refractivity contribution < 1.29 is 0 Å². The number of hydrogen-bond acceptors (Lipinski definition) is 4.